The number of Topliss-reactive ketones (excluding diaryl/α,β-unsaturated/α-hetero) is 1. The van der Waals surface area contributed by atoms with Gasteiger partial charge >= 0.3 is 0 Å². The first kappa shape index (κ1) is 14.3. The largest absolute Gasteiger partial charge is 0.301 e. The molecule has 0 bridgehead atoms. The molecule has 2 rings (SSSR count). The first-order valence-electron chi connectivity index (χ1n) is 7.49. The highest BCUT2D eigenvalue weighted by atomic mass is 16.1. The summed E-state index contributed by atoms with van der Waals surface area (Å²) in [5.74, 6) is 1.14. The van der Waals surface area contributed by atoms with Crippen molar-refractivity contribution in [2.75, 3.05) is 13.1 Å². The van der Waals surface area contributed by atoms with Crippen LogP contribution in [-0.4, -0.2) is 29.8 Å². The third-order valence-corrected chi connectivity index (χ3v) is 4.22. The zero-order valence-electron chi connectivity index (χ0n) is 12.1. The highest BCUT2D eigenvalue weighted by molar-refractivity contribution is 5.95. The summed E-state index contributed by atoms with van der Waals surface area (Å²) in [7, 11) is 0. The Morgan fingerprint density at radius 2 is 2.00 bits per heavy atom. The molecule has 104 valence electrons. The lowest BCUT2D eigenvalue weighted by Crippen LogP contribution is -2.40. The van der Waals surface area contributed by atoms with Crippen molar-refractivity contribution < 1.29 is 4.79 Å². The molecule has 2 nitrogen and oxygen atoms in total. The van der Waals surface area contributed by atoms with Crippen LogP contribution in [0.25, 0.3) is 0 Å². The van der Waals surface area contributed by atoms with Crippen molar-refractivity contribution in [2.45, 2.75) is 45.6 Å². The van der Waals surface area contributed by atoms with E-state index in [9.17, 15) is 4.79 Å². The molecule has 0 spiro atoms. The van der Waals surface area contributed by atoms with E-state index < -0.39 is 0 Å². The van der Waals surface area contributed by atoms with Gasteiger partial charge in [0.05, 0.1) is 0 Å². The molecule has 0 aromatic heterocycles. The quantitative estimate of drug-likeness (QED) is 0.750. The van der Waals surface area contributed by atoms with Crippen molar-refractivity contribution in [2.24, 2.45) is 5.92 Å². The Hall–Kier alpha value is -1.15. The van der Waals surface area contributed by atoms with Gasteiger partial charge in [0.1, 0.15) is 0 Å². The van der Waals surface area contributed by atoms with E-state index >= 15 is 0 Å². The smallest absolute Gasteiger partial charge is 0.162 e. The average Bonchev–Trinajstić information content (AvgIpc) is 2.42. The van der Waals surface area contributed by atoms with Gasteiger partial charge in [-0.1, -0.05) is 37.3 Å². The van der Waals surface area contributed by atoms with E-state index in [-0.39, 0.29) is 5.78 Å². The van der Waals surface area contributed by atoms with Crippen LogP contribution in [0.15, 0.2) is 30.3 Å². The molecule has 1 fully saturated rings. The Bertz CT molecular complexity index is 401. The molecule has 2 heteroatoms. The number of piperidine rings is 1. The molecule has 1 aliphatic rings. The van der Waals surface area contributed by atoms with E-state index in [2.05, 4.69) is 18.7 Å². The predicted molar refractivity (Wildman–Crippen MR) is 79.4 cm³/mol. The molecule has 0 aliphatic carbocycles. The van der Waals surface area contributed by atoms with Crippen LogP contribution in [0.3, 0.4) is 0 Å². The van der Waals surface area contributed by atoms with Gasteiger partial charge in [0, 0.05) is 18.0 Å². The number of ketones is 1. The number of rotatable bonds is 5. The van der Waals surface area contributed by atoms with Crippen LogP contribution in [-0.2, 0) is 0 Å². The molecule has 2 unspecified atom stereocenters. The molecule has 1 heterocycles. The van der Waals surface area contributed by atoms with Crippen molar-refractivity contribution in [3.8, 4) is 0 Å². The molecule has 19 heavy (non-hydrogen) atoms. The second kappa shape index (κ2) is 6.85. The van der Waals surface area contributed by atoms with Crippen molar-refractivity contribution in [3.05, 3.63) is 35.9 Å². The van der Waals surface area contributed by atoms with Crippen LogP contribution >= 0.6 is 0 Å². The van der Waals surface area contributed by atoms with E-state index in [0.717, 1.165) is 24.4 Å². The van der Waals surface area contributed by atoms with Crippen molar-refractivity contribution in [1.29, 1.82) is 0 Å². The Balaban J connectivity index is 1.73. The fraction of sp³-hybridized carbons (Fsp3) is 0.588. The van der Waals surface area contributed by atoms with Crippen LogP contribution in [0, 0.1) is 5.92 Å². The topological polar surface area (TPSA) is 20.3 Å². The summed E-state index contributed by atoms with van der Waals surface area (Å²) in [5.41, 5.74) is 0.850. The van der Waals surface area contributed by atoms with Crippen LogP contribution in [0.1, 0.15) is 49.9 Å². The zero-order valence-corrected chi connectivity index (χ0v) is 12.1. The van der Waals surface area contributed by atoms with Gasteiger partial charge in [0.15, 0.2) is 5.78 Å². The zero-order chi connectivity index (χ0) is 13.7. The van der Waals surface area contributed by atoms with Gasteiger partial charge in [0.2, 0.25) is 0 Å². The minimum absolute atomic E-state index is 0.277. The second-order valence-electron chi connectivity index (χ2n) is 5.91. The van der Waals surface area contributed by atoms with Gasteiger partial charge in [-0.3, -0.25) is 4.79 Å². The SMILES string of the molecule is CC1CCN(CCCC(=O)c2ccccc2)C(C)C1. The summed E-state index contributed by atoms with van der Waals surface area (Å²) in [6.45, 7) is 6.91. The molecule has 2 atom stereocenters. The standard InChI is InChI=1S/C17H25NO/c1-14-10-12-18(15(2)13-14)11-6-9-17(19)16-7-4-3-5-8-16/h3-5,7-8,14-15H,6,9-13H2,1-2H3. The highest BCUT2D eigenvalue weighted by Crippen LogP contribution is 2.22. The predicted octanol–water partition coefficient (Wildman–Crippen LogP) is 3.77. The third kappa shape index (κ3) is 4.17. The van der Waals surface area contributed by atoms with E-state index in [1.54, 1.807) is 0 Å². The molecule has 1 aromatic rings. The van der Waals surface area contributed by atoms with Gasteiger partial charge in [-0.25, -0.2) is 0 Å². The summed E-state index contributed by atoms with van der Waals surface area (Å²) < 4.78 is 0. The molecule has 1 aromatic carbocycles. The number of hydrogen-bond acceptors (Lipinski definition) is 2. The molecule has 0 radical (unpaired) electrons. The maximum atomic E-state index is 12.0. The van der Waals surface area contributed by atoms with Crippen molar-refractivity contribution in [3.63, 3.8) is 0 Å². The summed E-state index contributed by atoms with van der Waals surface area (Å²) in [6.07, 6.45) is 4.25. The van der Waals surface area contributed by atoms with E-state index in [4.69, 9.17) is 0 Å². The molecular formula is C17H25NO. The van der Waals surface area contributed by atoms with Crippen LogP contribution in [0.5, 0.6) is 0 Å². The second-order valence-corrected chi connectivity index (χ2v) is 5.91. The number of nitrogens with zero attached hydrogens (tertiary/aromatic N) is 1. The lowest BCUT2D eigenvalue weighted by atomic mass is 9.93. The maximum absolute atomic E-state index is 12.0. The van der Waals surface area contributed by atoms with Gasteiger partial charge in [-0.2, -0.15) is 0 Å². The fourth-order valence-corrected chi connectivity index (χ4v) is 3.00. The Kier molecular flexibility index (Phi) is 5.15. The van der Waals surface area contributed by atoms with Crippen LogP contribution in [0.2, 0.25) is 0 Å². The Morgan fingerprint density at radius 1 is 1.26 bits per heavy atom. The minimum Gasteiger partial charge on any atom is -0.301 e. The fourth-order valence-electron chi connectivity index (χ4n) is 3.00. The minimum atomic E-state index is 0.277. The molecule has 1 saturated heterocycles. The van der Waals surface area contributed by atoms with Gasteiger partial charge < -0.3 is 4.90 Å². The lowest BCUT2D eigenvalue weighted by molar-refractivity contribution is 0.0952. The molecule has 1 aliphatic heterocycles. The van der Waals surface area contributed by atoms with Crippen molar-refractivity contribution >= 4 is 5.78 Å². The first-order valence-corrected chi connectivity index (χ1v) is 7.49. The Labute approximate surface area is 116 Å². The van der Waals surface area contributed by atoms with Gasteiger partial charge in [-0.05, 0) is 45.2 Å². The Morgan fingerprint density at radius 3 is 2.68 bits per heavy atom. The third-order valence-electron chi connectivity index (χ3n) is 4.22. The molecule has 0 N–H and O–H groups in total. The summed E-state index contributed by atoms with van der Waals surface area (Å²) in [6, 6.07) is 10.3. The first-order chi connectivity index (χ1) is 9.16. The van der Waals surface area contributed by atoms with Gasteiger partial charge in [-0.15, -0.1) is 0 Å². The maximum Gasteiger partial charge on any atom is 0.162 e. The van der Waals surface area contributed by atoms with Gasteiger partial charge in [0.25, 0.3) is 0 Å². The highest BCUT2D eigenvalue weighted by Gasteiger charge is 2.22. The monoisotopic (exact) mass is 259 g/mol. The number of benzene rings is 1. The molecule has 0 saturated carbocycles. The summed E-state index contributed by atoms with van der Waals surface area (Å²) in [5, 5.41) is 0. The number of likely N-dealkylation sites (tertiary alicyclic amines) is 1. The number of hydrogen-bond donors (Lipinski definition) is 0. The van der Waals surface area contributed by atoms with E-state index in [1.165, 1.54) is 19.4 Å². The normalized spacial score (nSPS) is 24.3. The average molecular weight is 259 g/mol. The number of carbonyl (C=O) groups is 1. The lowest BCUT2D eigenvalue weighted by Gasteiger charge is -2.36. The van der Waals surface area contributed by atoms with E-state index in [0.29, 0.717) is 12.5 Å². The summed E-state index contributed by atoms with van der Waals surface area (Å²) in [4.78, 5) is 14.5. The van der Waals surface area contributed by atoms with Crippen LogP contribution < -0.4 is 0 Å². The molecular weight excluding hydrogens is 234 g/mol. The van der Waals surface area contributed by atoms with E-state index in [1.807, 2.05) is 30.3 Å². The summed E-state index contributed by atoms with van der Waals surface area (Å²) >= 11 is 0. The van der Waals surface area contributed by atoms with Crippen LogP contribution in [0.4, 0.5) is 0 Å². The molecule has 0 amide bonds. The number of carbonyl (C=O) groups excluding carboxylic acids is 1. The van der Waals surface area contributed by atoms with Crippen molar-refractivity contribution in [1.82, 2.24) is 4.90 Å².